The van der Waals surface area contributed by atoms with Crippen molar-refractivity contribution in [1.29, 1.82) is 0 Å². The summed E-state index contributed by atoms with van der Waals surface area (Å²) in [7, 11) is -2.08. The number of allylic oxidation sites excluding steroid dienone is 2. The summed E-state index contributed by atoms with van der Waals surface area (Å²) >= 11 is 0. The minimum Gasteiger partial charge on any atom is -0.495 e. The highest BCUT2D eigenvalue weighted by atomic mass is 32.2. The number of ether oxygens (including phenoxy) is 1. The number of carbonyl (C=O) groups excluding carboxylic acids is 1. The molecule has 24 heavy (non-hydrogen) atoms. The third-order valence-electron chi connectivity index (χ3n) is 4.21. The normalized spacial score (nSPS) is 20.1. The number of carbonyl (C=O) groups is 1. The van der Waals surface area contributed by atoms with Gasteiger partial charge in [0, 0.05) is 12.5 Å². The SMILES string of the molecule is COc1ccc(S(=O)(=O)NC2CC2)cc1NC(=O)C[C@H]1C=CCC1. The van der Waals surface area contributed by atoms with E-state index in [1.165, 1.54) is 19.2 Å². The molecule has 1 fully saturated rings. The largest absolute Gasteiger partial charge is 0.495 e. The lowest BCUT2D eigenvalue weighted by molar-refractivity contribution is -0.116. The van der Waals surface area contributed by atoms with Gasteiger partial charge in [0.05, 0.1) is 17.7 Å². The van der Waals surface area contributed by atoms with Crippen molar-refractivity contribution in [1.82, 2.24) is 4.72 Å². The molecule has 3 rings (SSSR count). The molecule has 0 heterocycles. The Bertz CT molecular complexity index is 754. The van der Waals surface area contributed by atoms with Crippen LogP contribution in [0.2, 0.25) is 0 Å². The van der Waals surface area contributed by atoms with E-state index in [0.717, 1.165) is 25.7 Å². The highest BCUT2D eigenvalue weighted by Crippen LogP contribution is 2.30. The molecule has 1 aromatic rings. The molecule has 0 unspecified atom stereocenters. The first-order chi connectivity index (χ1) is 11.5. The molecule has 6 nitrogen and oxygen atoms in total. The van der Waals surface area contributed by atoms with Gasteiger partial charge in [-0.25, -0.2) is 13.1 Å². The van der Waals surface area contributed by atoms with Crippen LogP contribution in [0.5, 0.6) is 5.75 Å². The summed E-state index contributed by atoms with van der Waals surface area (Å²) in [5.41, 5.74) is 0.378. The maximum atomic E-state index is 12.3. The number of rotatable bonds is 7. The van der Waals surface area contributed by atoms with Gasteiger partial charge in [-0.05, 0) is 49.8 Å². The van der Waals surface area contributed by atoms with Gasteiger partial charge >= 0.3 is 0 Å². The Kier molecular flexibility index (Phi) is 4.91. The molecule has 0 spiro atoms. The molecule has 1 aromatic carbocycles. The van der Waals surface area contributed by atoms with Gasteiger partial charge in [0.15, 0.2) is 0 Å². The van der Waals surface area contributed by atoms with Crippen LogP contribution in [0.25, 0.3) is 0 Å². The molecule has 7 heteroatoms. The number of hydrogen-bond acceptors (Lipinski definition) is 4. The van der Waals surface area contributed by atoms with E-state index in [1.807, 2.05) is 0 Å². The maximum absolute atomic E-state index is 12.3. The molecule has 1 amide bonds. The van der Waals surface area contributed by atoms with Gasteiger partial charge in [0.25, 0.3) is 0 Å². The summed E-state index contributed by atoms with van der Waals surface area (Å²) < 4.78 is 32.5. The molecule has 2 aliphatic carbocycles. The minimum absolute atomic E-state index is 0.0318. The zero-order valence-electron chi connectivity index (χ0n) is 13.6. The highest BCUT2D eigenvalue weighted by Gasteiger charge is 2.28. The number of sulfonamides is 1. The molecule has 1 saturated carbocycles. The second-order valence-corrected chi connectivity index (χ2v) is 7.99. The first-order valence-electron chi connectivity index (χ1n) is 8.15. The predicted octanol–water partition coefficient (Wildman–Crippen LogP) is 2.43. The lowest BCUT2D eigenvalue weighted by Crippen LogP contribution is -2.26. The van der Waals surface area contributed by atoms with Crippen LogP contribution in [-0.2, 0) is 14.8 Å². The van der Waals surface area contributed by atoms with Crippen LogP contribution in [-0.4, -0.2) is 27.5 Å². The van der Waals surface area contributed by atoms with Crippen molar-refractivity contribution in [2.75, 3.05) is 12.4 Å². The van der Waals surface area contributed by atoms with Crippen molar-refractivity contribution in [2.24, 2.45) is 5.92 Å². The van der Waals surface area contributed by atoms with Crippen molar-refractivity contribution < 1.29 is 17.9 Å². The number of benzene rings is 1. The third-order valence-corrected chi connectivity index (χ3v) is 5.73. The van der Waals surface area contributed by atoms with E-state index in [-0.39, 0.29) is 22.8 Å². The van der Waals surface area contributed by atoms with Crippen LogP contribution in [0.4, 0.5) is 5.69 Å². The Morgan fingerprint density at radius 3 is 2.71 bits per heavy atom. The molecular formula is C17H22N2O4S. The van der Waals surface area contributed by atoms with E-state index in [1.54, 1.807) is 6.07 Å². The van der Waals surface area contributed by atoms with Crippen LogP contribution in [0, 0.1) is 5.92 Å². The minimum atomic E-state index is -3.57. The van der Waals surface area contributed by atoms with Crippen LogP contribution in [0.3, 0.4) is 0 Å². The maximum Gasteiger partial charge on any atom is 0.240 e. The van der Waals surface area contributed by atoms with Gasteiger partial charge in [0.2, 0.25) is 15.9 Å². The summed E-state index contributed by atoms with van der Waals surface area (Å²) in [5, 5.41) is 2.78. The van der Waals surface area contributed by atoms with Gasteiger partial charge in [-0.2, -0.15) is 0 Å². The first kappa shape index (κ1) is 17.0. The number of nitrogens with one attached hydrogen (secondary N) is 2. The summed E-state index contributed by atoms with van der Waals surface area (Å²) in [4.78, 5) is 12.4. The second kappa shape index (κ2) is 6.94. The Morgan fingerprint density at radius 2 is 2.08 bits per heavy atom. The molecule has 2 aliphatic rings. The molecule has 130 valence electrons. The molecule has 0 saturated heterocycles. The number of hydrogen-bond donors (Lipinski definition) is 2. The molecule has 0 aromatic heterocycles. The summed E-state index contributed by atoms with van der Waals surface area (Å²) in [6, 6.07) is 4.53. The summed E-state index contributed by atoms with van der Waals surface area (Å²) in [6.07, 6.45) is 8.23. The van der Waals surface area contributed by atoms with E-state index in [9.17, 15) is 13.2 Å². The van der Waals surface area contributed by atoms with Crippen molar-refractivity contribution in [2.45, 2.75) is 43.0 Å². The number of amides is 1. The Morgan fingerprint density at radius 1 is 1.29 bits per heavy atom. The fourth-order valence-corrected chi connectivity index (χ4v) is 4.08. The van der Waals surface area contributed by atoms with Gasteiger partial charge in [-0.1, -0.05) is 12.2 Å². The highest BCUT2D eigenvalue weighted by molar-refractivity contribution is 7.89. The number of anilines is 1. The molecule has 0 bridgehead atoms. The van der Waals surface area contributed by atoms with Gasteiger partial charge in [0.1, 0.15) is 5.75 Å². The van der Waals surface area contributed by atoms with Crippen molar-refractivity contribution >= 4 is 21.6 Å². The summed E-state index contributed by atoms with van der Waals surface area (Å²) in [5.74, 6) is 0.546. The van der Waals surface area contributed by atoms with Crippen LogP contribution in [0.1, 0.15) is 32.1 Å². The van der Waals surface area contributed by atoms with E-state index in [2.05, 4.69) is 22.2 Å². The van der Waals surface area contributed by atoms with Crippen molar-refractivity contribution in [3.8, 4) is 5.75 Å². The lowest BCUT2D eigenvalue weighted by atomic mass is 10.1. The first-order valence-corrected chi connectivity index (χ1v) is 9.63. The van der Waals surface area contributed by atoms with Crippen LogP contribution in [0.15, 0.2) is 35.2 Å². The second-order valence-electron chi connectivity index (χ2n) is 6.28. The smallest absolute Gasteiger partial charge is 0.240 e. The van der Waals surface area contributed by atoms with Crippen molar-refractivity contribution in [3.63, 3.8) is 0 Å². The summed E-state index contributed by atoms with van der Waals surface area (Å²) in [6.45, 7) is 0. The van der Waals surface area contributed by atoms with E-state index >= 15 is 0 Å². The quantitative estimate of drug-likeness (QED) is 0.740. The van der Waals surface area contributed by atoms with Gasteiger partial charge in [-0.15, -0.1) is 0 Å². The lowest BCUT2D eigenvalue weighted by Gasteiger charge is -2.14. The monoisotopic (exact) mass is 350 g/mol. The Hall–Kier alpha value is -1.86. The zero-order valence-corrected chi connectivity index (χ0v) is 14.4. The van der Waals surface area contributed by atoms with E-state index in [0.29, 0.717) is 17.9 Å². The number of methoxy groups -OCH3 is 1. The topological polar surface area (TPSA) is 84.5 Å². The zero-order chi connectivity index (χ0) is 17.2. The van der Waals surface area contributed by atoms with E-state index < -0.39 is 10.0 Å². The Balaban J connectivity index is 1.76. The molecule has 1 atom stereocenters. The van der Waals surface area contributed by atoms with E-state index in [4.69, 9.17) is 4.74 Å². The van der Waals surface area contributed by atoms with Crippen LogP contribution >= 0.6 is 0 Å². The fourth-order valence-electron chi connectivity index (χ4n) is 2.75. The van der Waals surface area contributed by atoms with Crippen LogP contribution < -0.4 is 14.8 Å². The average Bonchev–Trinajstić information content (AvgIpc) is 3.19. The van der Waals surface area contributed by atoms with Crippen molar-refractivity contribution in [3.05, 3.63) is 30.4 Å². The Labute approximate surface area is 142 Å². The fraction of sp³-hybridized carbons (Fsp3) is 0.471. The van der Waals surface area contributed by atoms with Gasteiger partial charge in [-0.3, -0.25) is 4.79 Å². The van der Waals surface area contributed by atoms with Gasteiger partial charge < -0.3 is 10.1 Å². The molecule has 0 radical (unpaired) electrons. The molecule has 2 N–H and O–H groups in total. The molecular weight excluding hydrogens is 328 g/mol. The third kappa shape index (κ3) is 4.15. The average molecular weight is 350 g/mol. The molecule has 0 aliphatic heterocycles. The predicted molar refractivity (Wildman–Crippen MR) is 91.4 cm³/mol. The standard InChI is InChI=1S/C17H22N2O4S/c1-23-16-9-8-14(24(21,22)19-13-6-7-13)11-15(16)18-17(20)10-12-4-2-3-5-12/h2,4,8-9,11-13,19H,3,5-7,10H2,1H3,(H,18,20)/t12-/m0/s1.